The fourth-order valence-electron chi connectivity index (χ4n) is 5.59. The predicted molar refractivity (Wildman–Crippen MR) is 103 cm³/mol. The maximum atomic E-state index is 4.69. The standard InChI is InChI=1S/C22H25N3/c1-15-9-4-5-11-18(15)25-16(2)20-19(22(25)12-6-7-13-22)17-10-8-14-23-21(17)24(20)3/h4-5,8-11,14,16H,6-7,12-13H2,1-3H3/t16-/m0/s1. The van der Waals surface area contributed by atoms with Gasteiger partial charge in [0.15, 0.2) is 0 Å². The molecule has 0 amide bonds. The van der Waals surface area contributed by atoms with E-state index in [1.807, 2.05) is 6.20 Å². The molecule has 0 saturated heterocycles. The Bertz CT molecular complexity index is 963. The molecule has 0 radical (unpaired) electrons. The van der Waals surface area contributed by atoms with E-state index in [9.17, 15) is 0 Å². The Kier molecular flexibility index (Phi) is 3.06. The van der Waals surface area contributed by atoms with Crippen molar-refractivity contribution in [3.63, 3.8) is 0 Å². The van der Waals surface area contributed by atoms with E-state index >= 15 is 0 Å². The molecule has 1 spiro atoms. The number of hydrogen-bond donors (Lipinski definition) is 0. The van der Waals surface area contributed by atoms with E-state index in [-0.39, 0.29) is 5.54 Å². The molecule has 3 heteroatoms. The zero-order valence-corrected chi connectivity index (χ0v) is 15.3. The van der Waals surface area contributed by atoms with Crippen LogP contribution in [0.1, 0.15) is 55.5 Å². The second kappa shape index (κ2) is 5.10. The number of nitrogens with zero attached hydrogens (tertiary/aromatic N) is 3. The van der Waals surface area contributed by atoms with Crippen LogP contribution in [-0.2, 0) is 12.6 Å². The fourth-order valence-corrected chi connectivity index (χ4v) is 5.59. The van der Waals surface area contributed by atoms with Crippen molar-refractivity contribution in [3.8, 4) is 0 Å². The van der Waals surface area contributed by atoms with E-state index in [1.165, 1.54) is 48.0 Å². The first-order chi connectivity index (χ1) is 12.1. The zero-order valence-electron chi connectivity index (χ0n) is 15.3. The summed E-state index contributed by atoms with van der Waals surface area (Å²) in [5, 5.41) is 1.35. The molecule has 1 aromatic carbocycles. The van der Waals surface area contributed by atoms with Crippen LogP contribution in [0.4, 0.5) is 5.69 Å². The van der Waals surface area contributed by atoms with E-state index < -0.39 is 0 Å². The average molecular weight is 331 g/mol. The molecule has 0 unspecified atom stereocenters. The van der Waals surface area contributed by atoms with E-state index in [1.54, 1.807) is 5.56 Å². The minimum Gasteiger partial charge on any atom is -0.353 e. The average Bonchev–Trinajstić information content (AvgIpc) is 3.27. The Balaban J connectivity index is 1.83. The molecule has 25 heavy (non-hydrogen) atoms. The fraction of sp³-hybridized carbons (Fsp3) is 0.409. The highest BCUT2D eigenvalue weighted by atomic mass is 15.3. The minimum atomic E-state index is 0.128. The van der Waals surface area contributed by atoms with Crippen LogP contribution in [0.3, 0.4) is 0 Å². The lowest BCUT2D eigenvalue weighted by molar-refractivity contribution is 0.417. The predicted octanol–water partition coefficient (Wildman–Crippen LogP) is 5.23. The first kappa shape index (κ1) is 15.0. The van der Waals surface area contributed by atoms with E-state index in [0.717, 1.165) is 5.65 Å². The van der Waals surface area contributed by atoms with Crippen molar-refractivity contribution in [2.75, 3.05) is 4.90 Å². The van der Waals surface area contributed by atoms with Crippen molar-refractivity contribution in [1.82, 2.24) is 9.55 Å². The maximum absolute atomic E-state index is 4.69. The van der Waals surface area contributed by atoms with Crippen LogP contribution in [0.2, 0.25) is 0 Å². The molecule has 128 valence electrons. The lowest BCUT2D eigenvalue weighted by Gasteiger charge is -2.41. The summed E-state index contributed by atoms with van der Waals surface area (Å²) in [5.41, 5.74) is 7.03. The third-order valence-corrected chi connectivity index (χ3v) is 6.51. The molecule has 1 aliphatic heterocycles. The van der Waals surface area contributed by atoms with Crippen LogP contribution < -0.4 is 4.90 Å². The SMILES string of the molecule is Cc1ccccc1N1[C@@H](C)c2c(c3cccnc3n2C)C12CCCC2. The molecule has 0 bridgehead atoms. The zero-order chi connectivity index (χ0) is 17.2. The third kappa shape index (κ3) is 1.79. The number of fused-ring (bicyclic) bond motifs is 4. The van der Waals surface area contributed by atoms with Crippen molar-refractivity contribution in [2.24, 2.45) is 7.05 Å². The molecule has 1 aliphatic carbocycles. The highest BCUT2D eigenvalue weighted by Gasteiger charge is 2.53. The number of anilines is 1. The third-order valence-electron chi connectivity index (χ3n) is 6.51. The van der Waals surface area contributed by atoms with Crippen LogP contribution in [0.25, 0.3) is 11.0 Å². The van der Waals surface area contributed by atoms with Gasteiger partial charge in [-0.2, -0.15) is 0 Å². The summed E-state index contributed by atoms with van der Waals surface area (Å²) in [6.45, 7) is 4.62. The summed E-state index contributed by atoms with van der Waals surface area (Å²) in [7, 11) is 2.19. The summed E-state index contributed by atoms with van der Waals surface area (Å²) >= 11 is 0. The van der Waals surface area contributed by atoms with Crippen LogP contribution in [0.15, 0.2) is 42.6 Å². The molecule has 3 nitrogen and oxygen atoms in total. The molecule has 2 aromatic heterocycles. The second-order valence-corrected chi connectivity index (χ2v) is 7.76. The molecule has 5 rings (SSSR count). The first-order valence-corrected chi connectivity index (χ1v) is 9.44. The lowest BCUT2D eigenvalue weighted by Crippen LogP contribution is -2.40. The smallest absolute Gasteiger partial charge is 0.140 e. The quantitative estimate of drug-likeness (QED) is 0.608. The number of para-hydroxylation sites is 1. The topological polar surface area (TPSA) is 21.1 Å². The highest BCUT2D eigenvalue weighted by molar-refractivity contribution is 5.87. The first-order valence-electron chi connectivity index (χ1n) is 9.44. The van der Waals surface area contributed by atoms with Gasteiger partial charge >= 0.3 is 0 Å². The van der Waals surface area contributed by atoms with Gasteiger partial charge in [-0.15, -0.1) is 0 Å². The monoisotopic (exact) mass is 331 g/mol. The number of aromatic nitrogens is 2. The van der Waals surface area contributed by atoms with E-state index in [2.05, 4.69) is 66.8 Å². The van der Waals surface area contributed by atoms with Crippen molar-refractivity contribution in [1.29, 1.82) is 0 Å². The second-order valence-electron chi connectivity index (χ2n) is 7.76. The van der Waals surface area contributed by atoms with E-state index in [0.29, 0.717) is 6.04 Å². The minimum absolute atomic E-state index is 0.128. The normalized spacial score (nSPS) is 21.4. The summed E-state index contributed by atoms with van der Waals surface area (Å²) in [4.78, 5) is 7.42. The van der Waals surface area contributed by atoms with Crippen molar-refractivity contribution in [2.45, 2.75) is 51.1 Å². The number of rotatable bonds is 1. The van der Waals surface area contributed by atoms with Gasteiger partial charge in [-0.1, -0.05) is 31.0 Å². The Hall–Kier alpha value is -2.29. The van der Waals surface area contributed by atoms with Gasteiger partial charge in [0.05, 0.1) is 11.6 Å². The molecular formula is C22H25N3. The van der Waals surface area contributed by atoms with Gasteiger partial charge < -0.3 is 9.47 Å². The molecule has 1 fully saturated rings. The molecule has 1 atom stereocenters. The largest absolute Gasteiger partial charge is 0.353 e. The lowest BCUT2D eigenvalue weighted by atomic mass is 9.87. The molecular weight excluding hydrogens is 306 g/mol. The number of aryl methyl sites for hydroxylation is 2. The van der Waals surface area contributed by atoms with Crippen molar-refractivity contribution < 1.29 is 0 Å². The van der Waals surface area contributed by atoms with Gasteiger partial charge in [0.25, 0.3) is 0 Å². The highest BCUT2D eigenvalue weighted by Crippen LogP contribution is 2.58. The van der Waals surface area contributed by atoms with Crippen LogP contribution in [0, 0.1) is 6.92 Å². The van der Waals surface area contributed by atoms with Gasteiger partial charge in [0, 0.05) is 35.6 Å². The van der Waals surface area contributed by atoms with Crippen molar-refractivity contribution >= 4 is 16.7 Å². The van der Waals surface area contributed by atoms with Crippen LogP contribution in [-0.4, -0.2) is 9.55 Å². The summed E-state index contributed by atoms with van der Waals surface area (Å²) in [5.74, 6) is 0. The Morgan fingerprint density at radius 3 is 2.60 bits per heavy atom. The number of hydrogen-bond acceptors (Lipinski definition) is 2. The van der Waals surface area contributed by atoms with Gasteiger partial charge in [0.1, 0.15) is 5.65 Å². The number of benzene rings is 1. The molecule has 3 heterocycles. The van der Waals surface area contributed by atoms with Crippen LogP contribution in [0.5, 0.6) is 0 Å². The summed E-state index contributed by atoms with van der Waals surface area (Å²) < 4.78 is 2.34. The summed E-state index contributed by atoms with van der Waals surface area (Å²) in [6.07, 6.45) is 7.03. The Morgan fingerprint density at radius 2 is 1.84 bits per heavy atom. The Labute approximate surface area is 149 Å². The molecule has 3 aromatic rings. The van der Waals surface area contributed by atoms with Crippen molar-refractivity contribution in [3.05, 3.63) is 59.4 Å². The molecule has 2 aliphatic rings. The summed E-state index contributed by atoms with van der Waals surface area (Å²) in [6, 6.07) is 13.6. The van der Waals surface area contributed by atoms with Gasteiger partial charge in [-0.05, 0) is 50.5 Å². The Morgan fingerprint density at radius 1 is 1.08 bits per heavy atom. The van der Waals surface area contributed by atoms with E-state index in [4.69, 9.17) is 4.98 Å². The van der Waals surface area contributed by atoms with Gasteiger partial charge in [-0.25, -0.2) is 4.98 Å². The number of pyridine rings is 1. The maximum Gasteiger partial charge on any atom is 0.140 e. The molecule has 0 N–H and O–H groups in total. The van der Waals surface area contributed by atoms with Gasteiger partial charge in [-0.3, -0.25) is 0 Å². The van der Waals surface area contributed by atoms with Gasteiger partial charge in [0.2, 0.25) is 0 Å². The molecule has 1 saturated carbocycles. The van der Waals surface area contributed by atoms with Crippen LogP contribution >= 0.6 is 0 Å².